The summed E-state index contributed by atoms with van der Waals surface area (Å²) in [7, 11) is 1.58. The number of aryl methyl sites for hydroxylation is 1. The standard InChI is InChI=1S/C22H26N4O3S/c1-4-5-11-29-19-10-9-17(28-3)13-18(19)23-20(27)14-26-21(24-25-22(26)30)16-8-6-7-15(2)12-16/h6-10,12-13H,4-5,11,14H2,1-3H3,(H,23,27)(H,25,30). The molecular weight excluding hydrogens is 400 g/mol. The van der Waals surface area contributed by atoms with Crippen LogP contribution < -0.4 is 14.8 Å². The van der Waals surface area contributed by atoms with Gasteiger partial charge >= 0.3 is 0 Å². The Balaban J connectivity index is 1.81. The molecule has 1 aromatic heterocycles. The highest BCUT2D eigenvalue weighted by Crippen LogP contribution is 2.29. The Labute approximate surface area is 181 Å². The molecule has 3 aromatic rings. The highest BCUT2D eigenvalue weighted by atomic mass is 32.1. The largest absolute Gasteiger partial charge is 0.497 e. The molecule has 0 unspecified atom stereocenters. The first-order chi connectivity index (χ1) is 14.5. The van der Waals surface area contributed by atoms with Crippen LogP contribution in [-0.4, -0.2) is 34.4 Å². The third kappa shape index (κ3) is 5.27. The van der Waals surface area contributed by atoms with E-state index in [0.717, 1.165) is 24.0 Å². The molecule has 158 valence electrons. The van der Waals surface area contributed by atoms with E-state index in [1.807, 2.05) is 31.2 Å². The van der Waals surface area contributed by atoms with Crippen molar-refractivity contribution < 1.29 is 14.3 Å². The summed E-state index contributed by atoms with van der Waals surface area (Å²) in [5.74, 6) is 1.61. The van der Waals surface area contributed by atoms with Crippen LogP contribution in [0.15, 0.2) is 42.5 Å². The van der Waals surface area contributed by atoms with Gasteiger partial charge < -0.3 is 14.8 Å². The minimum Gasteiger partial charge on any atom is -0.497 e. The summed E-state index contributed by atoms with van der Waals surface area (Å²) in [4.78, 5) is 12.8. The highest BCUT2D eigenvalue weighted by molar-refractivity contribution is 7.71. The number of nitrogens with zero attached hydrogens (tertiary/aromatic N) is 2. The molecule has 0 radical (unpaired) electrons. The van der Waals surface area contributed by atoms with E-state index in [4.69, 9.17) is 21.7 Å². The maximum absolute atomic E-state index is 12.8. The van der Waals surface area contributed by atoms with Gasteiger partial charge in [0.05, 0.1) is 19.4 Å². The van der Waals surface area contributed by atoms with Crippen LogP contribution >= 0.6 is 12.2 Å². The molecule has 1 amide bonds. The maximum atomic E-state index is 12.8. The molecule has 0 bridgehead atoms. The molecule has 0 saturated heterocycles. The second kappa shape index (κ2) is 10.1. The third-order valence-corrected chi connectivity index (χ3v) is 4.86. The number of ether oxygens (including phenoxy) is 2. The van der Waals surface area contributed by atoms with E-state index in [1.165, 1.54) is 0 Å². The fourth-order valence-electron chi connectivity index (χ4n) is 2.99. The number of amides is 1. The van der Waals surface area contributed by atoms with Crippen LogP contribution in [0.1, 0.15) is 25.3 Å². The molecule has 8 heteroatoms. The monoisotopic (exact) mass is 426 g/mol. The quantitative estimate of drug-likeness (QED) is 0.381. The van der Waals surface area contributed by atoms with E-state index < -0.39 is 0 Å². The molecule has 2 N–H and O–H groups in total. The van der Waals surface area contributed by atoms with Crippen molar-refractivity contribution in [1.29, 1.82) is 0 Å². The minimum absolute atomic E-state index is 0.0181. The van der Waals surface area contributed by atoms with Crippen LogP contribution in [0.5, 0.6) is 11.5 Å². The normalized spacial score (nSPS) is 10.6. The molecule has 1 heterocycles. The van der Waals surface area contributed by atoms with Crippen molar-refractivity contribution in [3.63, 3.8) is 0 Å². The smallest absolute Gasteiger partial charge is 0.244 e. The second-order valence-corrected chi connectivity index (χ2v) is 7.31. The maximum Gasteiger partial charge on any atom is 0.244 e. The lowest BCUT2D eigenvalue weighted by molar-refractivity contribution is -0.116. The van der Waals surface area contributed by atoms with Crippen molar-refractivity contribution in [3.8, 4) is 22.9 Å². The zero-order valence-corrected chi connectivity index (χ0v) is 18.2. The van der Waals surface area contributed by atoms with E-state index in [9.17, 15) is 4.79 Å². The van der Waals surface area contributed by atoms with Gasteiger partial charge in [-0.2, -0.15) is 5.10 Å². The molecular formula is C22H26N4O3S. The van der Waals surface area contributed by atoms with Gasteiger partial charge in [0.1, 0.15) is 18.0 Å². The lowest BCUT2D eigenvalue weighted by Gasteiger charge is -2.14. The number of carbonyl (C=O) groups excluding carboxylic acids is 1. The average Bonchev–Trinajstić information content (AvgIpc) is 3.09. The van der Waals surface area contributed by atoms with Crippen molar-refractivity contribution >= 4 is 23.8 Å². The number of rotatable bonds is 9. The lowest BCUT2D eigenvalue weighted by Crippen LogP contribution is -2.20. The van der Waals surface area contributed by atoms with E-state index in [2.05, 4.69) is 22.4 Å². The SMILES string of the molecule is CCCCOc1ccc(OC)cc1NC(=O)Cn1c(-c2cccc(C)c2)n[nH]c1=S. The summed E-state index contributed by atoms with van der Waals surface area (Å²) in [5.41, 5.74) is 2.55. The Kier molecular flexibility index (Phi) is 7.24. The first-order valence-electron chi connectivity index (χ1n) is 9.84. The molecule has 3 rings (SSSR count). The first kappa shape index (κ1) is 21.6. The third-order valence-electron chi connectivity index (χ3n) is 4.55. The molecule has 0 aliphatic rings. The molecule has 30 heavy (non-hydrogen) atoms. The van der Waals surface area contributed by atoms with Gasteiger partial charge in [0.2, 0.25) is 5.91 Å². The van der Waals surface area contributed by atoms with Gasteiger partial charge in [-0.25, -0.2) is 0 Å². The van der Waals surface area contributed by atoms with Gasteiger partial charge in [0.15, 0.2) is 10.6 Å². The van der Waals surface area contributed by atoms with E-state index in [-0.39, 0.29) is 12.5 Å². The van der Waals surface area contributed by atoms with Crippen LogP contribution in [0.4, 0.5) is 5.69 Å². The summed E-state index contributed by atoms with van der Waals surface area (Å²) in [6.45, 7) is 4.70. The zero-order valence-electron chi connectivity index (χ0n) is 17.4. The number of methoxy groups -OCH3 is 1. The van der Waals surface area contributed by atoms with Crippen LogP contribution in [0, 0.1) is 11.7 Å². The summed E-state index contributed by atoms with van der Waals surface area (Å²) in [6, 6.07) is 13.2. The minimum atomic E-state index is -0.241. The number of aromatic amines is 1. The Morgan fingerprint density at radius 1 is 1.27 bits per heavy atom. The predicted molar refractivity (Wildman–Crippen MR) is 120 cm³/mol. The highest BCUT2D eigenvalue weighted by Gasteiger charge is 2.15. The molecule has 0 saturated carbocycles. The van der Waals surface area contributed by atoms with Gasteiger partial charge in [0.25, 0.3) is 0 Å². The van der Waals surface area contributed by atoms with Crippen molar-refractivity contribution in [1.82, 2.24) is 14.8 Å². The second-order valence-electron chi connectivity index (χ2n) is 6.92. The summed E-state index contributed by atoms with van der Waals surface area (Å²) < 4.78 is 13.2. The Bertz CT molecular complexity index is 1070. The fourth-order valence-corrected chi connectivity index (χ4v) is 3.18. The molecule has 7 nitrogen and oxygen atoms in total. The van der Waals surface area contributed by atoms with Crippen LogP contribution in [-0.2, 0) is 11.3 Å². The van der Waals surface area contributed by atoms with Crippen molar-refractivity contribution in [3.05, 3.63) is 52.8 Å². The average molecular weight is 427 g/mol. The lowest BCUT2D eigenvalue weighted by atomic mass is 10.1. The Morgan fingerprint density at radius 3 is 2.83 bits per heavy atom. The van der Waals surface area contributed by atoms with Gasteiger partial charge in [0, 0.05) is 11.6 Å². The Hall–Kier alpha value is -3.13. The van der Waals surface area contributed by atoms with Gasteiger partial charge in [-0.15, -0.1) is 0 Å². The molecule has 0 aliphatic carbocycles. The molecule has 0 fully saturated rings. The van der Waals surface area contributed by atoms with Crippen LogP contribution in [0.2, 0.25) is 0 Å². The van der Waals surface area contributed by atoms with Crippen LogP contribution in [0.25, 0.3) is 11.4 Å². The van der Waals surface area contributed by atoms with Crippen molar-refractivity contribution in [2.75, 3.05) is 19.0 Å². The summed E-state index contributed by atoms with van der Waals surface area (Å²) in [5, 5.41) is 10.00. The summed E-state index contributed by atoms with van der Waals surface area (Å²) in [6.07, 6.45) is 1.96. The molecule has 2 aromatic carbocycles. The first-order valence-corrected chi connectivity index (χ1v) is 10.3. The van der Waals surface area contributed by atoms with Crippen molar-refractivity contribution in [2.24, 2.45) is 0 Å². The number of benzene rings is 2. The molecule has 0 aliphatic heterocycles. The number of H-pyrrole nitrogens is 1. The topological polar surface area (TPSA) is 81.2 Å². The van der Waals surface area contributed by atoms with Crippen molar-refractivity contribution in [2.45, 2.75) is 33.2 Å². The van der Waals surface area contributed by atoms with Gasteiger partial charge in [-0.05, 0) is 43.8 Å². The fraction of sp³-hybridized carbons (Fsp3) is 0.318. The number of hydrogen-bond donors (Lipinski definition) is 2. The zero-order chi connectivity index (χ0) is 21.5. The van der Waals surface area contributed by atoms with Crippen LogP contribution in [0.3, 0.4) is 0 Å². The number of nitrogens with one attached hydrogen (secondary N) is 2. The van der Waals surface area contributed by atoms with Gasteiger partial charge in [-0.3, -0.25) is 14.5 Å². The number of anilines is 1. The molecule has 0 atom stereocenters. The number of unbranched alkanes of at least 4 members (excludes halogenated alkanes) is 1. The predicted octanol–water partition coefficient (Wildman–Crippen LogP) is 4.74. The number of hydrogen-bond acceptors (Lipinski definition) is 5. The molecule has 0 spiro atoms. The van der Waals surface area contributed by atoms with Gasteiger partial charge in [-0.1, -0.05) is 37.1 Å². The van der Waals surface area contributed by atoms with E-state index in [1.54, 1.807) is 29.9 Å². The van der Waals surface area contributed by atoms with E-state index in [0.29, 0.717) is 34.4 Å². The summed E-state index contributed by atoms with van der Waals surface area (Å²) >= 11 is 5.34. The number of carbonyl (C=O) groups is 1. The number of aromatic nitrogens is 3. The Morgan fingerprint density at radius 2 is 2.10 bits per heavy atom. The van der Waals surface area contributed by atoms with E-state index >= 15 is 0 Å².